The normalized spacial score (nSPS) is 13.3. The largest absolute Gasteiger partial charge is 0.336 e. The van der Waals surface area contributed by atoms with Crippen LogP contribution >= 0.6 is 0 Å². The predicted molar refractivity (Wildman–Crippen MR) is 98.4 cm³/mol. The Morgan fingerprint density at radius 3 is 3.00 bits per heavy atom. The number of hydrogen-bond donors (Lipinski definition) is 1. The summed E-state index contributed by atoms with van der Waals surface area (Å²) in [5.74, 6) is 0.623. The highest BCUT2D eigenvalue weighted by Crippen LogP contribution is 2.32. The number of carbonyl (C=O) groups is 1. The van der Waals surface area contributed by atoms with Crippen LogP contribution in [0.5, 0.6) is 0 Å². The number of anilines is 1. The second-order valence-corrected chi connectivity index (χ2v) is 6.92. The fourth-order valence-corrected chi connectivity index (χ4v) is 3.66. The van der Waals surface area contributed by atoms with Gasteiger partial charge in [0.2, 0.25) is 0 Å². The van der Waals surface area contributed by atoms with E-state index in [9.17, 15) is 4.79 Å². The van der Waals surface area contributed by atoms with Gasteiger partial charge < -0.3 is 9.84 Å². The molecule has 3 aromatic heterocycles. The van der Waals surface area contributed by atoms with Crippen molar-refractivity contribution in [2.45, 2.75) is 59.4 Å². The molecule has 136 valence electrons. The van der Waals surface area contributed by atoms with Crippen molar-refractivity contribution in [3.63, 3.8) is 0 Å². The number of carbonyl (C=O) groups excluding carboxylic acids is 1. The molecule has 0 aromatic carbocycles. The predicted octanol–water partition coefficient (Wildman–Crippen LogP) is 3.58. The van der Waals surface area contributed by atoms with Crippen molar-refractivity contribution in [2.24, 2.45) is 0 Å². The summed E-state index contributed by atoms with van der Waals surface area (Å²) >= 11 is 0. The number of fused-ring (bicyclic) bond motifs is 2. The number of nitrogens with zero attached hydrogens (tertiary/aromatic N) is 4. The Bertz CT molecular complexity index is 986. The number of nitrogens with one attached hydrogen (secondary N) is 1. The summed E-state index contributed by atoms with van der Waals surface area (Å²) < 4.78 is 7.21. The standard InChI is InChI=1S/C19H23N5O2/c1-4-5-9-24-17(11(2)10-20-24)22-18(25)16-13-7-6-8-14(13)21-19-15(16)12(3)23-26-19/h10H,4-9H2,1-3H3,(H,22,25). The number of aromatic nitrogens is 4. The molecule has 26 heavy (non-hydrogen) atoms. The van der Waals surface area contributed by atoms with Crippen molar-refractivity contribution in [1.29, 1.82) is 0 Å². The van der Waals surface area contributed by atoms with Gasteiger partial charge in [-0.3, -0.25) is 4.79 Å². The minimum absolute atomic E-state index is 0.136. The van der Waals surface area contributed by atoms with E-state index in [1.54, 1.807) is 6.20 Å². The summed E-state index contributed by atoms with van der Waals surface area (Å²) in [4.78, 5) is 17.8. The van der Waals surface area contributed by atoms with Crippen molar-refractivity contribution in [1.82, 2.24) is 19.9 Å². The summed E-state index contributed by atoms with van der Waals surface area (Å²) in [6.45, 7) is 6.74. The monoisotopic (exact) mass is 353 g/mol. The topological polar surface area (TPSA) is 85.8 Å². The summed E-state index contributed by atoms with van der Waals surface area (Å²) in [6, 6.07) is 0. The zero-order valence-electron chi connectivity index (χ0n) is 15.4. The molecule has 7 heteroatoms. The van der Waals surface area contributed by atoms with Gasteiger partial charge in [-0.1, -0.05) is 18.5 Å². The smallest absolute Gasteiger partial charge is 0.259 e. The van der Waals surface area contributed by atoms with Crippen molar-refractivity contribution in [3.05, 3.63) is 34.3 Å². The van der Waals surface area contributed by atoms with Crippen molar-refractivity contribution in [3.8, 4) is 0 Å². The first-order chi connectivity index (χ1) is 12.6. The molecule has 3 aromatic rings. The molecule has 0 aliphatic heterocycles. The molecule has 0 saturated heterocycles. The van der Waals surface area contributed by atoms with Gasteiger partial charge in [-0.05, 0) is 45.1 Å². The summed E-state index contributed by atoms with van der Waals surface area (Å²) in [6.07, 6.45) is 6.63. The van der Waals surface area contributed by atoms with Crippen molar-refractivity contribution in [2.75, 3.05) is 5.32 Å². The third kappa shape index (κ3) is 2.67. The third-order valence-electron chi connectivity index (χ3n) is 5.03. The van der Waals surface area contributed by atoms with Crippen LogP contribution < -0.4 is 5.32 Å². The van der Waals surface area contributed by atoms with E-state index in [0.29, 0.717) is 17.0 Å². The van der Waals surface area contributed by atoms with Gasteiger partial charge in [0.1, 0.15) is 5.82 Å². The van der Waals surface area contributed by atoms with E-state index in [4.69, 9.17) is 4.52 Å². The number of amides is 1. The highest BCUT2D eigenvalue weighted by Gasteiger charge is 2.28. The molecule has 1 amide bonds. The lowest BCUT2D eigenvalue weighted by molar-refractivity contribution is 0.102. The zero-order valence-corrected chi connectivity index (χ0v) is 15.4. The molecule has 0 atom stereocenters. The highest BCUT2D eigenvalue weighted by molar-refractivity contribution is 6.13. The number of hydrogen-bond acceptors (Lipinski definition) is 5. The Morgan fingerprint density at radius 2 is 2.19 bits per heavy atom. The SMILES string of the molecule is CCCCn1ncc(C)c1NC(=O)c1c2c(nc3onc(C)c13)CCC2. The van der Waals surface area contributed by atoms with Gasteiger partial charge in [0, 0.05) is 17.8 Å². The first-order valence-electron chi connectivity index (χ1n) is 9.21. The molecule has 1 aliphatic rings. The molecule has 1 aliphatic carbocycles. The fraction of sp³-hybridized carbons (Fsp3) is 0.474. The Labute approximate surface area is 151 Å². The lowest BCUT2D eigenvalue weighted by Gasteiger charge is -2.13. The Kier molecular flexibility index (Phi) is 4.22. The molecule has 0 radical (unpaired) electrons. The van der Waals surface area contributed by atoms with E-state index < -0.39 is 0 Å². The molecule has 0 saturated carbocycles. The van der Waals surface area contributed by atoms with E-state index in [1.165, 1.54) is 0 Å². The lowest BCUT2D eigenvalue weighted by atomic mass is 10.0. The van der Waals surface area contributed by atoms with Crippen LogP contribution in [-0.4, -0.2) is 25.8 Å². The zero-order chi connectivity index (χ0) is 18.3. The number of rotatable bonds is 5. The minimum atomic E-state index is -0.136. The van der Waals surface area contributed by atoms with Gasteiger partial charge in [-0.25, -0.2) is 9.67 Å². The Morgan fingerprint density at radius 1 is 1.35 bits per heavy atom. The van der Waals surface area contributed by atoms with Crippen molar-refractivity contribution >= 4 is 22.8 Å². The van der Waals surface area contributed by atoms with Crippen LogP contribution in [0.3, 0.4) is 0 Å². The van der Waals surface area contributed by atoms with Crippen LogP contribution in [0.2, 0.25) is 0 Å². The second kappa shape index (κ2) is 6.55. The average Bonchev–Trinajstić information content (AvgIpc) is 3.32. The van der Waals surface area contributed by atoms with Gasteiger partial charge in [-0.15, -0.1) is 0 Å². The van der Waals surface area contributed by atoms with Gasteiger partial charge in [0.15, 0.2) is 0 Å². The minimum Gasteiger partial charge on any atom is -0.336 e. The summed E-state index contributed by atoms with van der Waals surface area (Å²) in [5, 5.41) is 12.2. The second-order valence-electron chi connectivity index (χ2n) is 6.92. The maximum atomic E-state index is 13.3. The molecule has 3 heterocycles. The summed E-state index contributed by atoms with van der Waals surface area (Å²) in [7, 11) is 0. The molecule has 0 unspecified atom stereocenters. The van der Waals surface area contributed by atoms with Gasteiger partial charge in [0.25, 0.3) is 11.6 Å². The highest BCUT2D eigenvalue weighted by atomic mass is 16.5. The molecular weight excluding hydrogens is 330 g/mol. The maximum Gasteiger partial charge on any atom is 0.259 e. The number of unbranched alkanes of at least 4 members (excludes halogenated alkanes) is 1. The molecular formula is C19H23N5O2. The molecule has 7 nitrogen and oxygen atoms in total. The Hall–Kier alpha value is -2.70. The van der Waals surface area contributed by atoms with Crippen LogP contribution in [0.4, 0.5) is 5.82 Å². The van der Waals surface area contributed by atoms with E-state index in [2.05, 4.69) is 27.5 Å². The third-order valence-corrected chi connectivity index (χ3v) is 5.03. The first kappa shape index (κ1) is 16.8. The Balaban J connectivity index is 1.76. The van der Waals surface area contributed by atoms with E-state index in [1.807, 2.05) is 18.5 Å². The summed E-state index contributed by atoms with van der Waals surface area (Å²) in [5.41, 5.74) is 4.74. The number of pyridine rings is 1. The van der Waals surface area contributed by atoms with Gasteiger partial charge in [0.05, 0.1) is 22.8 Å². The van der Waals surface area contributed by atoms with Crippen LogP contribution in [0, 0.1) is 13.8 Å². The van der Waals surface area contributed by atoms with Gasteiger partial charge >= 0.3 is 0 Å². The average molecular weight is 353 g/mol. The van der Waals surface area contributed by atoms with Crippen LogP contribution in [0.15, 0.2) is 10.7 Å². The van der Waals surface area contributed by atoms with Crippen LogP contribution in [-0.2, 0) is 19.4 Å². The molecule has 1 N–H and O–H groups in total. The molecule has 4 rings (SSSR count). The van der Waals surface area contributed by atoms with E-state index in [0.717, 1.165) is 66.7 Å². The van der Waals surface area contributed by atoms with Crippen molar-refractivity contribution < 1.29 is 9.32 Å². The first-order valence-corrected chi connectivity index (χ1v) is 9.21. The molecule has 0 bridgehead atoms. The van der Waals surface area contributed by atoms with Crippen LogP contribution in [0.25, 0.3) is 11.1 Å². The molecule has 0 fully saturated rings. The fourth-order valence-electron chi connectivity index (χ4n) is 3.66. The lowest BCUT2D eigenvalue weighted by Crippen LogP contribution is -2.19. The maximum absolute atomic E-state index is 13.3. The van der Waals surface area contributed by atoms with E-state index >= 15 is 0 Å². The van der Waals surface area contributed by atoms with Crippen LogP contribution in [0.1, 0.15) is 59.1 Å². The van der Waals surface area contributed by atoms with Gasteiger partial charge in [-0.2, -0.15) is 5.10 Å². The molecule has 0 spiro atoms. The van der Waals surface area contributed by atoms with E-state index in [-0.39, 0.29) is 5.91 Å². The quantitative estimate of drug-likeness (QED) is 0.758. The number of aryl methyl sites for hydroxylation is 4.